The minimum atomic E-state index is -3.99. The van der Waals surface area contributed by atoms with Crippen LogP contribution in [0.2, 0.25) is 0 Å². The molecule has 0 atom stereocenters. The zero-order valence-corrected chi connectivity index (χ0v) is 15.4. The number of furan rings is 1. The fraction of sp³-hybridized carbons (Fsp3) is 0.278. The molecule has 0 bridgehead atoms. The van der Waals surface area contributed by atoms with Gasteiger partial charge in [-0.2, -0.15) is 4.98 Å². The summed E-state index contributed by atoms with van der Waals surface area (Å²) in [5, 5.41) is -0.190. The van der Waals surface area contributed by atoms with E-state index in [4.69, 9.17) is 8.83 Å². The lowest BCUT2D eigenvalue weighted by atomic mass is 10.3. The highest BCUT2D eigenvalue weighted by molar-refractivity contribution is 7.91. The molecule has 1 aromatic carbocycles. The second-order valence-corrected chi connectivity index (χ2v) is 8.22. The minimum absolute atomic E-state index is 0.0430. The molecule has 1 fully saturated rings. The Hall–Kier alpha value is -2.65. The maximum atomic E-state index is 13.2. The molecule has 0 spiro atoms. The summed E-state index contributed by atoms with van der Waals surface area (Å²) in [7, 11) is -1.99. The molecule has 4 rings (SSSR count). The third-order valence-corrected chi connectivity index (χ3v) is 6.15. The van der Waals surface area contributed by atoms with Crippen LogP contribution < -0.4 is 4.90 Å². The number of aromatic nitrogens is 1. The molecule has 3 aromatic rings. The summed E-state index contributed by atoms with van der Waals surface area (Å²) in [5.41, 5.74) is 0. The predicted octanol–water partition coefficient (Wildman–Crippen LogP) is 2.66. The van der Waals surface area contributed by atoms with E-state index in [9.17, 15) is 12.8 Å². The first-order valence-electron chi connectivity index (χ1n) is 8.44. The normalized spacial score (nSPS) is 16.0. The Balaban J connectivity index is 1.81. The number of benzene rings is 1. The van der Waals surface area contributed by atoms with Crippen molar-refractivity contribution in [2.75, 3.05) is 38.1 Å². The lowest BCUT2D eigenvalue weighted by molar-refractivity contribution is 0.305. The Kier molecular flexibility index (Phi) is 4.48. The zero-order chi connectivity index (χ0) is 19.0. The Morgan fingerprint density at radius 2 is 1.78 bits per heavy atom. The lowest BCUT2D eigenvalue weighted by Gasteiger charge is -2.32. The molecule has 1 aliphatic rings. The lowest BCUT2D eigenvalue weighted by Crippen LogP contribution is -2.44. The highest BCUT2D eigenvalue weighted by atomic mass is 32.2. The van der Waals surface area contributed by atoms with Crippen LogP contribution in [0, 0.1) is 5.82 Å². The average Bonchev–Trinajstić information content (AvgIpc) is 3.33. The molecule has 27 heavy (non-hydrogen) atoms. The van der Waals surface area contributed by atoms with Crippen LogP contribution in [-0.2, 0) is 9.84 Å². The molecule has 0 radical (unpaired) electrons. The second-order valence-electron chi connectivity index (χ2n) is 6.35. The van der Waals surface area contributed by atoms with Gasteiger partial charge in [-0.15, -0.1) is 0 Å². The van der Waals surface area contributed by atoms with Crippen LogP contribution in [0.4, 0.5) is 10.3 Å². The van der Waals surface area contributed by atoms with Crippen molar-refractivity contribution >= 4 is 15.7 Å². The summed E-state index contributed by atoms with van der Waals surface area (Å²) in [6.45, 7) is 2.75. The molecule has 0 N–H and O–H groups in total. The third-order valence-electron chi connectivity index (χ3n) is 4.48. The minimum Gasteiger partial charge on any atom is -0.459 e. The number of anilines is 1. The maximum absolute atomic E-state index is 13.2. The first-order chi connectivity index (χ1) is 12.9. The Bertz CT molecular complexity index is 1020. The standard InChI is InChI=1S/C18H18FN3O4S/c1-21-8-10-22(11-9-21)18-17(20-16(26-18)15-3-2-12-25-15)27(23,24)14-6-4-13(19)5-7-14/h2-7,12H,8-11H2,1H3. The highest BCUT2D eigenvalue weighted by Crippen LogP contribution is 2.35. The van der Waals surface area contributed by atoms with E-state index in [0.717, 1.165) is 25.2 Å². The van der Waals surface area contributed by atoms with Crippen LogP contribution in [-0.4, -0.2) is 51.5 Å². The van der Waals surface area contributed by atoms with E-state index in [1.165, 1.54) is 18.4 Å². The van der Waals surface area contributed by atoms with E-state index in [1.807, 2.05) is 11.9 Å². The molecular formula is C18H18FN3O4S. The van der Waals surface area contributed by atoms with Crippen molar-refractivity contribution in [3.63, 3.8) is 0 Å². The molecule has 0 saturated carbocycles. The molecule has 3 heterocycles. The summed E-state index contributed by atoms with van der Waals surface area (Å²) in [4.78, 5) is 8.18. The number of likely N-dealkylation sites (N-methyl/N-ethyl adjacent to an activating group) is 1. The number of hydrogen-bond acceptors (Lipinski definition) is 7. The van der Waals surface area contributed by atoms with Gasteiger partial charge in [0.05, 0.1) is 11.2 Å². The fourth-order valence-electron chi connectivity index (χ4n) is 2.91. The van der Waals surface area contributed by atoms with Crippen molar-refractivity contribution in [3.05, 3.63) is 48.5 Å². The quantitative estimate of drug-likeness (QED) is 0.633. The first kappa shape index (κ1) is 17.7. The van der Waals surface area contributed by atoms with E-state index in [0.29, 0.717) is 18.8 Å². The molecule has 7 nitrogen and oxygen atoms in total. The Morgan fingerprint density at radius 1 is 1.07 bits per heavy atom. The van der Waals surface area contributed by atoms with Crippen LogP contribution in [0.1, 0.15) is 0 Å². The van der Waals surface area contributed by atoms with Crippen molar-refractivity contribution in [3.8, 4) is 11.7 Å². The third kappa shape index (κ3) is 3.35. The molecule has 142 valence electrons. The van der Waals surface area contributed by atoms with Gasteiger partial charge in [0, 0.05) is 26.2 Å². The van der Waals surface area contributed by atoms with Gasteiger partial charge in [-0.25, -0.2) is 12.8 Å². The van der Waals surface area contributed by atoms with Gasteiger partial charge in [0.25, 0.3) is 5.89 Å². The van der Waals surface area contributed by atoms with E-state index < -0.39 is 15.7 Å². The summed E-state index contributed by atoms with van der Waals surface area (Å²) >= 11 is 0. The van der Waals surface area contributed by atoms with E-state index in [1.54, 1.807) is 12.1 Å². The van der Waals surface area contributed by atoms with E-state index in [-0.39, 0.29) is 21.7 Å². The number of piperazine rings is 1. The Labute approximate surface area is 155 Å². The molecule has 0 amide bonds. The van der Waals surface area contributed by atoms with Gasteiger partial charge in [0.2, 0.25) is 20.7 Å². The van der Waals surface area contributed by atoms with Crippen molar-refractivity contribution in [2.45, 2.75) is 9.92 Å². The van der Waals surface area contributed by atoms with Crippen LogP contribution in [0.3, 0.4) is 0 Å². The smallest absolute Gasteiger partial charge is 0.266 e. The van der Waals surface area contributed by atoms with Crippen molar-refractivity contribution in [2.24, 2.45) is 0 Å². The number of oxazole rings is 1. The SMILES string of the molecule is CN1CCN(c2oc(-c3ccco3)nc2S(=O)(=O)c2ccc(F)cc2)CC1. The van der Waals surface area contributed by atoms with Crippen LogP contribution in [0.15, 0.2) is 61.4 Å². The van der Waals surface area contributed by atoms with Crippen LogP contribution >= 0.6 is 0 Å². The summed E-state index contributed by atoms with van der Waals surface area (Å²) < 4.78 is 50.6. The number of rotatable bonds is 4. The van der Waals surface area contributed by atoms with E-state index in [2.05, 4.69) is 9.88 Å². The molecule has 1 saturated heterocycles. The molecule has 0 aliphatic carbocycles. The highest BCUT2D eigenvalue weighted by Gasteiger charge is 2.33. The van der Waals surface area contributed by atoms with Crippen molar-refractivity contribution in [1.29, 1.82) is 0 Å². The number of nitrogens with zero attached hydrogens (tertiary/aromatic N) is 3. The fourth-order valence-corrected chi connectivity index (χ4v) is 4.23. The van der Waals surface area contributed by atoms with Crippen LogP contribution in [0.5, 0.6) is 0 Å². The number of hydrogen-bond donors (Lipinski definition) is 0. The molecule has 9 heteroatoms. The van der Waals surface area contributed by atoms with Gasteiger partial charge >= 0.3 is 0 Å². The number of halogens is 1. The summed E-state index contributed by atoms with van der Waals surface area (Å²) in [6.07, 6.45) is 1.46. The molecule has 0 unspecified atom stereocenters. The Morgan fingerprint density at radius 3 is 2.41 bits per heavy atom. The van der Waals surface area contributed by atoms with Gasteiger partial charge < -0.3 is 18.6 Å². The monoisotopic (exact) mass is 391 g/mol. The van der Waals surface area contributed by atoms with Gasteiger partial charge in [-0.1, -0.05) is 0 Å². The summed E-state index contributed by atoms with van der Waals surface area (Å²) in [5.74, 6) is 0.101. The van der Waals surface area contributed by atoms with Gasteiger partial charge in [-0.05, 0) is 43.4 Å². The molecular weight excluding hydrogens is 373 g/mol. The average molecular weight is 391 g/mol. The number of sulfone groups is 1. The van der Waals surface area contributed by atoms with Gasteiger partial charge in [-0.3, -0.25) is 0 Å². The largest absolute Gasteiger partial charge is 0.459 e. The first-order valence-corrected chi connectivity index (χ1v) is 9.92. The van der Waals surface area contributed by atoms with Crippen LogP contribution in [0.25, 0.3) is 11.7 Å². The predicted molar refractivity (Wildman–Crippen MR) is 95.8 cm³/mol. The summed E-state index contributed by atoms with van der Waals surface area (Å²) in [6, 6.07) is 7.97. The van der Waals surface area contributed by atoms with Crippen molar-refractivity contribution < 1.29 is 21.6 Å². The second kappa shape index (κ2) is 6.82. The topological polar surface area (TPSA) is 79.8 Å². The maximum Gasteiger partial charge on any atom is 0.266 e. The molecule has 1 aliphatic heterocycles. The zero-order valence-electron chi connectivity index (χ0n) is 14.6. The van der Waals surface area contributed by atoms with Gasteiger partial charge in [0.15, 0.2) is 5.76 Å². The van der Waals surface area contributed by atoms with Crippen molar-refractivity contribution in [1.82, 2.24) is 9.88 Å². The van der Waals surface area contributed by atoms with E-state index >= 15 is 0 Å². The molecule has 2 aromatic heterocycles. The van der Waals surface area contributed by atoms with Gasteiger partial charge in [0.1, 0.15) is 5.82 Å².